The van der Waals surface area contributed by atoms with Crippen LogP contribution in [0.25, 0.3) is 0 Å². The number of nitrogens with one attached hydrogen (secondary N) is 1. The number of methoxy groups -OCH3 is 1. The molecule has 0 atom stereocenters. The molecule has 5 rings (SSSR count). The predicted molar refractivity (Wildman–Crippen MR) is 140 cm³/mol. The molecule has 0 aliphatic carbocycles. The summed E-state index contributed by atoms with van der Waals surface area (Å²) in [4.78, 5) is 30.8. The van der Waals surface area contributed by atoms with Crippen LogP contribution in [0, 0.1) is 6.92 Å². The fourth-order valence-corrected chi connectivity index (χ4v) is 4.60. The molecule has 3 heterocycles. The molecule has 0 bridgehead atoms. The fourth-order valence-electron chi connectivity index (χ4n) is 4.60. The molecule has 9 nitrogen and oxygen atoms in total. The first-order valence-electron chi connectivity index (χ1n) is 11.7. The summed E-state index contributed by atoms with van der Waals surface area (Å²) in [6.45, 7) is 6.02. The van der Waals surface area contributed by atoms with Gasteiger partial charge in [-0.3, -0.25) is 9.69 Å². The van der Waals surface area contributed by atoms with Crippen molar-refractivity contribution < 1.29 is 9.53 Å². The summed E-state index contributed by atoms with van der Waals surface area (Å²) in [6, 6.07) is 12.0. The first kappa shape index (κ1) is 22.9. The van der Waals surface area contributed by atoms with Crippen LogP contribution in [-0.2, 0) is 0 Å². The normalized spacial score (nSPS) is 16.0. The third-order valence-electron chi connectivity index (χ3n) is 6.78. The number of nitrogens with zero attached hydrogens (tertiary/aromatic N) is 6. The number of aryl methyl sites for hydroxylation is 1. The third kappa shape index (κ3) is 4.23. The number of likely N-dealkylation sites (N-methyl/N-ethyl adjacent to an activating group) is 1. The summed E-state index contributed by atoms with van der Waals surface area (Å²) in [5.41, 5.74) is 5.15. The van der Waals surface area contributed by atoms with Crippen molar-refractivity contribution in [1.29, 1.82) is 0 Å². The maximum atomic E-state index is 13.3. The number of fused-ring (bicyclic) bond motifs is 2. The van der Waals surface area contributed by atoms with Crippen LogP contribution in [0.4, 0.5) is 34.5 Å². The van der Waals surface area contributed by atoms with Crippen LogP contribution >= 0.6 is 0 Å². The number of piperazine rings is 1. The second kappa shape index (κ2) is 9.07. The van der Waals surface area contributed by atoms with Crippen molar-refractivity contribution in [1.82, 2.24) is 14.9 Å². The van der Waals surface area contributed by atoms with E-state index in [2.05, 4.69) is 33.2 Å². The van der Waals surface area contributed by atoms with E-state index in [9.17, 15) is 4.79 Å². The van der Waals surface area contributed by atoms with Crippen LogP contribution in [0.5, 0.6) is 5.75 Å². The molecule has 0 radical (unpaired) electrons. The molecule has 1 N–H and O–H groups in total. The first-order chi connectivity index (χ1) is 16.9. The van der Waals surface area contributed by atoms with Gasteiger partial charge in [0.1, 0.15) is 11.4 Å². The number of aromatic nitrogens is 2. The van der Waals surface area contributed by atoms with E-state index < -0.39 is 0 Å². The number of hydrogen-bond donors (Lipinski definition) is 1. The highest BCUT2D eigenvalue weighted by Crippen LogP contribution is 2.39. The Morgan fingerprint density at radius 2 is 1.71 bits per heavy atom. The maximum Gasteiger partial charge on any atom is 0.261 e. The largest absolute Gasteiger partial charge is 0.494 e. The molecule has 9 heteroatoms. The first-order valence-corrected chi connectivity index (χ1v) is 11.7. The number of amides is 1. The molecular weight excluding hydrogens is 442 g/mol. The minimum atomic E-state index is -0.104. The van der Waals surface area contributed by atoms with Gasteiger partial charge in [-0.25, -0.2) is 4.98 Å². The van der Waals surface area contributed by atoms with Crippen LogP contribution in [0.15, 0.2) is 42.6 Å². The Kier molecular flexibility index (Phi) is 5.94. The van der Waals surface area contributed by atoms with Crippen molar-refractivity contribution in [3.8, 4) is 5.75 Å². The zero-order valence-electron chi connectivity index (χ0n) is 20.9. The number of carbonyl (C=O) groups excluding carboxylic acids is 1. The molecule has 0 spiro atoms. The van der Waals surface area contributed by atoms with Gasteiger partial charge in [-0.1, -0.05) is 11.6 Å². The quantitative estimate of drug-likeness (QED) is 0.616. The van der Waals surface area contributed by atoms with Crippen LogP contribution in [0.2, 0.25) is 0 Å². The molecule has 1 amide bonds. The second-order valence-corrected chi connectivity index (χ2v) is 9.15. The van der Waals surface area contributed by atoms with Gasteiger partial charge in [-0.05, 0) is 38.2 Å². The van der Waals surface area contributed by atoms with E-state index in [1.807, 2.05) is 49.2 Å². The summed E-state index contributed by atoms with van der Waals surface area (Å²) >= 11 is 0. The topological polar surface area (TPSA) is 77.1 Å². The van der Waals surface area contributed by atoms with Gasteiger partial charge in [0.15, 0.2) is 5.82 Å². The van der Waals surface area contributed by atoms with Crippen molar-refractivity contribution in [3.63, 3.8) is 0 Å². The SMILES string of the molecule is COc1cc(N2CCN(C)CC2)ccc1Nc1ncc2c(n1)N(C)C(=O)c1cc(C)ccc1N2C. The molecule has 2 aliphatic heterocycles. The number of ether oxygens (including phenoxy) is 1. The lowest BCUT2D eigenvalue weighted by molar-refractivity contribution is 0.0993. The van der Waals surface area contributed by atoms with Gasteiger partial charge in [0.25, 0.3) is 5.91 Å². The lowest BCUT2D eigenvalue weighted by Gasteiger charge is -2.34. The number of rotatable bonds is 4. The van der Waals surface area contributed by atoms with E-state index in [1.165, 1.54) is 0 Å². The average Bonchev–Trinajstić information content (AvgIpc) is 2.94. The van der Waals surface area contributed by atoms with Gasteiger partial charge >= 0.3 is 0 Å². The van der Waals surface area contributed by atoms with Crippen molar-refractivity contribution in [2.45, 2.75) is 6.92 Å². The highest BCUT2D eigenvalue weighted by Gasteiger charge is 2.29. The molecule has 2 aliphatic rings. The molecule has 3 aromatic rings. The third-order valence-corrected chi connectivity index (χ3v) is 6.78. The predicted octanol–water partition coefficient (Wildman–Crippen LogP) is 3.65. The summed E-state index contributed by atoms with van der Waals surface area (Å²) in [5.74, 6) is 1.54. The molecular formula is C26H31N7O2. The summed E-state index contributed by atoms with van der Waals surface area (Å²) in [6.07, 6.45) is 1.74. The van der Waals surface area contributed by atoms with Crippen molar-refractivity contribution in [2.75, 3.05) is 74.4 Å². The lowest BCUT2D eigenvalue weighted by atomic mass is 10.1. The fraction of sp³-hybridized carbons (Fsp3) is 0.346. The summed E-state index contributed by atoms with van der Waals surface area (Å²) in [5, 5.41) is 3.28. The Balaban J connectivity index is 1.44. The number of benzene rings is 2. The Hall–Kier alpha value is -3.85. The molecule has 1 aromatic heterocycles. The molecule has 2 aromatic carbocycles. The second-order valence-electron chi connectivity index (χ2n) is 9.15. The number of carbonyl (C=O) groups is 1. The Bertz CT molecular complexity index is 1270. The van der Waals surface area contributed by atoms with Crippen molar-refractivity contribution >= 4 is 40.4 Å². The van der Waals surface area contributed by atoms with E-state index in [0.29, 0.717) is 23.1 Å². The van der Waals surface area contributed by atoms with Gasteiger partial charge in [0.2, 0.25) is 5.95 Å². The highest BCUT2D eigenvalue weighted by molar-refractivity contribution is 6.13. The van der Waals surface area contributed by atoms with Crippen LogP contribution in [-0.4, -0.2) is 75.2 Å². The van der Waals surface area contributed by atoms with Crippen LogP contribution in [0.1, 0.15) is 15.9 Å². The van der Waals surface area contributed by atoms with Crippen LogP contribution < -0.4 is 24.8 Å². The minimum Gasteiger partial charge on any atom is -0.494 e. The monoisotopic (exact) mass is 473 g/mol. The lowest BCUT2D eigenvalue weighted by Crippen LogP contribution is -2.44. The smallest absolute Gasteiger partial charge is 0.261 e. The molecule has 35 heavy (non-hydrogen) atoms. The Morgan fingerprint density at radius 1 is 0.943 bits per heavy atom. The summed E-state index contributed by atoms with van der Waals surface area (Å²) < 4.78 is 5.68. The number of anilines is 6. The van der Waals surface area contributed by atoms with Gasteiger partial charge in [-0.15, -0.1) is 0 Å². The summed E-state index contributed by atoms with van der Waals surface area (Å²) in [7, 11) is 7.48. The average molecular weight is 474 g/mol. The van der Waals surface area contributed by atoms with E-state index in [-0.39, 0.29) is 5.91 Å². The van der Waals surface area contributed by atoms with E-state index in [4.69, 9.17) is 9.72 Å². The van der Waals surface area contributed by atoms with Crippen LogP contribution in [0.3, 0.4) is 0 Å². The Morgan fingerprint density at radius 3 is 2.46 bits per heavy atom. The molecule has 1 fully saturated rings. The van der Waals surface area contributed by atoms with Crippen molar-refractivity contribution in [3.05, 3.63) is 53.7 Å². The maximum absolute atomic E-state index is 13.3. The van der Waals surface area contributed by atoms with Gasteiger partial charge in [0.05, 0.1) is 30.2 Å². The van der Waals surface area contributed by atoms with Gasteiger partial charge in [-0.2, -0.15) is 4.98 Å². The van der Waals surface area contributed by atoms with Gasteiger partial charge < -0.3 is 24.8 Å². The number of hydrogen-bond acceptors (Lipinski definition) is 8. The zero-order chi connectivity index (χ0) is 24.7. The van der Waals surface area contributed by atoms with Gasteiger partial charge in [0, 0.05) is 52.0 Å². The standard InChI is InChI=1S/C26H31N7O2/c1-17-6-9-21-19(14-17)25(34)32(4)24-22(31(21)3)16-27-26(29-24)28-20-8-7-18(15-23(20)35-5)33-12-10-30(2)11-13-33/h6-9,14-16H,10-13H2,1-5H3,(H,27,28,29). The molecule has 1 saturated heterocycles. The minimum absolute atomic E-state index is 0.104. The van der Waals surface area contributed by atoms with E-state index >= 15 is 0 Å². The Labute approximate surface area is 205 Å². The zero-order valence-corrected chi connectivity index (χ0v) is 20.9. The molecule has 182 valence electrons. The van der Waals surface area contributed by atoms with E-state index in [0.717, 1.165) is 54.5 Å². The molecule has 0 saturated carbocycles. The highest BCUT2D eigenvalue weighted by atomic mass is 16.5. The van der Waals surface area contributed by atoms with Crippen molar-refractivity contribution in [2.24, 2.45) is 0 Å². The van der Waals surface area contributed by atoms with E-state index in [1.54, 1.807) is 25.3 Å². The molecule has 0 unspecified atom stereocenters.